The van der Waals surface area contributed by atoms with E-state index in [-0.39, 0.29) is 11.9 Å². The minimum absolute atomic E-state index is 0.0969. The van der Waals surface area contributed by atoms with Gasteiger partial charge in [-0.25, -0.2) is 0 Å². The topological polar surface area (TPSA) is 35.5 Å². The molecule has 110 valence electrons. The Morgan fingerprint density at radius 2 is 2.25 bits per heavy atom. The predicted octanol–water partition coefficient (Wildman–Crippen LogP) is 4.15. The molecule has 0 N–H and O–H groups in total. The van der Waals surface area contributed by atoms with Crippen LogP contribution in [0.25, 0.3) is 0 Å². The number of hydrogen-bond donors (Lipinski definition) is 0. The Hall–Kier alpha value is -0.610. The quantitative estimate of drug-likeness (QED) is 0.765. The first-order valence-corrected chi connectivity index (χ1v) is 7.56. The first-order chi connectivity index (χ1) is 9.58. The second-order valence-electron chi connectivity index (χ2n) is 4.95. The molecule has 1 aliphatic heterocycles. The van der Waals surface area contributed by atoms with Gasteiger partial charge in [-0.1, -0.05) is 23.2 Å². The summed E-state index contributed by atoms with van der Waals surface area (Å²) in [5.74, 6) is -0.137. The number of carbonyl (C=O) groups excluding carboxylic acids is 1. The molecule has 1 saturated heterocycles. The van der Waals surface area contributed by atoms with Crippen LogP contribution in [0.4, 0.5) is 0 Å². The lowest BCUT2D eigenvalue weighted by atomic mass is 10.1. The summed E-state index contributed by atoms with van der Waals surface area (Å²) in [6.45, 7) is 2.95. The van der Waals surface area contributed by atoms with Crippen LogP contribution in [-0.2, 0) is 9.47 Å². The number of benzene rings is 1. The number of ketones is 1. The van der Waals surface area contributed by atoms with Crippen LogP contribution in [0.1, 0.15) is 36.5 Å². The van der Waals surface area contributed by atoms with Crippen molar-refractivity contribution >= 4 is 29.0 Å². The van der Waals surface area contributed by atoms with Crippen LogP contribution in [0.5, 0.6) is 0 Å². The van der Waals surface area contributed by atoms with Gasteiger partial charge in [0.15, 0.2) is 5.78 Å². The van der Waals surface area contributed by atoms with Gasteiger partial charge >= 0.3 is 0 Å². The van der Waals surface area contributed by atoms with Crippen molar-refractivity contribution in [3.8, 4) is 0 Å². The van der Waals surface area contributed by atoms with E-state index in [4.69, 9.17) is 32.7 Å². The fourth-order valence-corrected chi connectivity index (χ4v) is 2.68. The number of carbonyl (C=O) groups is 1. The van der Waals surface area contributed by atoms with E-state index in [1.165, 1.54) is 0 Å². The highest BCUT2D eigenvalue weighted by Crippen LogP contribution is 2.23. The molecule has 5 heteroatoms. The molecule has 20 heavy (non-hydrogen) atoms. The monoisotopic (exact) mass is 316 g/mol. The molecule has 1 aromatic carbocycles. The van der Waals surface area contributed by atoms with Gasteiger partial charge in [0.05, 0.1) is 17.7 Å². The molecule has 1 aliphatic rings. The Balaban J connectivity index is 1.90. The zero-order valence-electron chi connectivity index (χ0n) is 11.4. The van der Waals surface area contributed by atoms with Gasteiger partial charge in [-0.15, -0.1) is 0 Å². The van der Waals surface area contributed by atoms with Crippen molar-refractivity contribution in [2.75, 3.05) is 13.2 Å². The number of ether oxygens (including phenoxy) is 2. The lowest BCUT2D eigenvalue weighted by molar-refractivity contribution is -0.0526. The van der Waals surface area contributed by atoms with Crippen LogP contribution < -0.4 is 0 Å². The van der Waals surface area contributed by atoms with Crippen LogP contribution in [0.15, 0.2) is 18.2 Å². The lowest BCUT2D eigenvalue weighted by Gasteiger charge is -2.23. The first-order valence-electron chi connectivity index (χ1n) is 6.80. The first kappa shape index (κ1) is 15.8. The molecule has 0 bridgehead atoms. The maximum Gasteiger partial charge on any atom is 0.192 e. The summed E-state index contributed by atoms with van der Waals surface area (Å²) >= 11 is 11.9. The van der Waals surface area contributed by atoms with Crippen LogP contribution >= 0.6 is 23.2 Å². The lowest BCUT2D eigenvalue weighted by Crippen LogP contribution is -2.29. The maximum absolute atomic E-state index is 12.3. The Bertz CT molecular complexity index is 470. The van der Waals surface area contributed by atoms with E-state index in [1.807, 2.05) is 0 Å². The number of rotatable bonds is 5. The molecular weight excluding hydrogens is 299 g/mol. The van der Waals surface area contributed by atoms with Crippen molar-refractivity contribution in [1.82, 2.24) is 0 Å². The molecule has 2 unspecified atom stereocenters. The number of hydrogen-bond acceptors (Lipinski definition) is 3. The zero-order chi connectivity index (χ0) is 14.5. The van der Waals surface area contributed by atoms with Crippen molar-refractivity contribution < 1.29 is 14.3 Å². The molecule has 0 aromatic heterocycles. The molecule has 3 nitrogen and oxygen atoms in total. The highest BCUT2D eigenvalue weighted by atomic mass is 35.5. The molecule has 1 fully saturated rings. The number of halogens is 2. The minimum atomic E-state index is -0.542. The molecule has 0 amide bonds. The molecule has 1 heterocycles. The Morgan fingerprint density at radius 1 is 1.45 bits per heavy atom. The van der Waals surface area contributed by atoms with Crippen molar-refractivity contribution in [2.24, 2.45) is 0 Å². The van der Waals surface area contributed by atoms with E-state index in [0.717, 1.165) is 25.9 Å². The van der Waals surface area contributed by atoms with E-state index in [0.29, 0.717) is 22.2 Å². The fourth-order valence-electron chi connectivity index (χ4n) is 2.17. The fraction of sp³-hybridized carbons (Fsp3) is 0.533. The van der Waals surface area contributed by atoms with Gasteiger partial charge in [-0.3, -0.25) is 4.79 Å². The third kappa shape index (κ3) is 4.19. The standard InChI is InChI=1S/C15H18Cl2O3/c1-10(20-9-12-4-2-3-7-19-12)15(18)13-6-5-11(16)8-14(13)17/h5-6,8,10,12H,2-4,7,9H2,1H3. The molecule has 2 rings (SSSR count). The molecular formula is C15H18Cl2O3. The van der Waals surface area contributed by atoms with Crippen molar-refractivity contribution in [3.05, 3.63) is 33.8 Å². The van der Waals surface area contributed by atoms with Gasteiger partial charge in [-0.05, 0) is 44.4 Å². The van der Waals surface area contributed by atoms with E-state index in [9.17, 15) is 4.79 Å². The summed E-state index contributed by atoms with van der Waals surface area (Å²) in [6.07, 6.45) is 2.80. The van der Waals surface area contributed by atoms with E-state index in [2.05, 4.69) is 0 Å². The molecule has 0 aliphatic carbocycles. The summed E-state index contributed by atoms with van der Waals surface area (Å²) in [4.78, 5) is 12.3. The average Bonchev–Trinajstić information content (AvgIpc) is 2.45. The molecule has 0 saturated carbocycles. The summed E-state index contributed by atoms with van der Waals surface area (Å²) in [7, 11) is 0. The summed E-state index contributed by atoms with van der Waals surface area (Å²) in [5.41, 5.74) is 0.438. The largest absolute Gasteiger partial charge is 0.376 e. The van der Waals surface area contributed by atoms with Crippen LogP contribution in [0.3, 0.4) is 0 Å². The van der Waals surface area contributed by atoms with Gasteiger partial charge in [-0.2, -0.15) is 0 Å². The third-order valence-corrected chi connectivity index (χ3v) is 3.92. The SMILES string of the molecule is CC(OCC1CCCCO1)C(=O)c1ccc(Cl)cc1Cl. The van der Waals surface area contributed by atoms with Gasteiger partial charge in [0.2, 0.25) is 0 Å². The molecule has 0 spiro atoms. The Morgan fingerprint density at radius 3 is 2.90 bits per heavy atom. The number of Topliss-reactive ketones (excluding diaryl/α,β-unsaturated/α-hetero) is 1. The Labute approximate surface area is 129 Å². The predicted molar refractivity (Wildman–Crippen MR) is 79.8 cm³/mol. The van der Waals surface area contributed by atoms with Crippen LogP contribution in [-0.4, -0.2) is 31.2 Å². The second kappa shape index (κ2) is 7.41. The van der Waals surface area contributed by atoms with E-state index < -0.39 is 6.10 Å². The normalized spacial score (nSPS) is 20.6. The maximum atomic E-state index is 12.3. The van der Waals surface area contributed by atoms with Gasteiger partial charge in [0.25, 0.3) is 0 Å². The van der Waals surface area contributed by atoms with E-state index >= 15 is 0 Å². The molecule has 0 radical (unpaired) electrons. The summed E-state index contributed by atoms with van der Waals surface area (Å²) in [6, 6.07) is 4.84. The summed E-state index contributed by atoms with van der Waals surface area (Å²) in [5, 5.41) is 0.864. The smallest absolute Gasteiger partial charge is 0.192 e. The highest BCUT2D eigenvalue weighted by molar-refractivity contribution is 6.37. The van der Waals surface area contributed by atoms with E-state index in [1.54, 1.807) is 25.1 Å². The Kier molecular flexibility index (Phi) is 5.85. The van der Waals surface area contributed by atoms with Crippen LogP contribution in [0.2, 0.25) is 10.0 Å². The van der Waals surface area contributed by atoms with Gasteiger partial charge in [0, 0.05) is 17.2 Å². The van der Waals surface area contributed by atoms with Crippen molar-refractivity contribution in [3.63, 3.8) is 0 Å². The third-order valence-electron chi connectivity index (χ3n) is 3.37. The second-order valence-corrected chi connectivity index (χ2v) is 5.80. The average molecular weight is 317 g/mol. The highest BCUT2D eigenvalue weighted by Gasteiger charge is 2.21. The molecule has 1 aromatic rings. The zero-order valence-corrected chi connectivity index (χ0v) is 12.9. The minimum Gasteiger partial charge on any atom is -0.376 e. The van der Waals surface area contributed by atoms with Crippen molar-refractivity contribution in [1.29, 1.82) is 0 Å². The van der Waals surface area contributed by atoms with Gasteiger partial charge < -0.3 is 9.47 Å². The van der Waals surface area contributed by atoms with Crippen molar-refractivity contribution in [2.45, 2.75) is 38.4 Å². The van der Waals surface area contributed by atoms with Gasteiger partial charge in [0.1, 0.15) is 6.10 Å². The van der Waals surface area contributed by atoms with Crippen LogP contribution in [0, 0.1) is 0 Å². The molecule has 2 atom stereocenters. The summed E-state index contributed by atoms with van der Waals surface area (Å²) < 4.78 is 11.2.